The molecule has 2 aromatic rings. The molecule has 90 valence electrons. The number of thiazole rings is 1. The first-order valence-corrected chi connectivity index (χ1v) is 6.47. The maximum absolute atomic E-state index is 13.9. The summed E-state index contributed by atoms with van der Waals surface area (Å²) in [7, 11) is 1.80. The smallest absolute Gasteiger partial charge is 0.146 e. The van der Waals surface area contributed by atoms with Gasteiger partial charge in [-0.15, -0.1) is 11.3 Å². The van der Waals surface area contributed by atoms with E-state index in [2.05, 4.69) is 10.3 Å². The van der Waals surface area contributed by atoms with E-state index >= 15 is 0 Å². The third-order valence-electron chi connectivity index (χ3n) is 2.57. The SMILES string of the molecule is CNC(Cc1nccs1)c1cccc(Cl)c1F. The molecule has 2 rings (SSSR count). The van der Waals surface area contributed by atoms with Crippen LogP contribution in [0.3, 0.4) is 0 Å². The van der Waals surface area contributed by atoms with Crippen molar-refractivity contribution in [1.29, 1.82) is 0 Å². The molecule has 0 saturated carbocycles. The summed E-state index contributed by atoms with van der Waals surface area (Å²) in [6.07, 6.45) is 2.41. The van der Waals surface area contributed by atoms with Crippen molar-refractivity contribution in [3.05, 3.63) is 51.2 Å². The average molecular weight is 271 g/mol. The topological polar surface area (TPSA) is 24.9 Å². The number of aromatic nitrogens is 1. The Morgan fingerprint density at radius 3 is 3.00 bits per heavy atom. The predicted molar refractivity (Wildman–Crippen MR) is 69.0 cm³/mol. The second kappa shape index (κ2) is 5.58. The lowest BCUT2D eigenvalue weighted by Gasteiger charge is -2.16. The lowest BCUT2D eigenvalue weighted by Crippen LogP contribution is -2.20. The molecule has 2 nitrogen and oxygen atoms in total. The summed E-state index contributed by atoms with van der Waals surface area (Å²) in [5, 5.41) is 6.14. The Morgan fingerprint density at radius 2 is 2.35 bits per heavy atom. The van der Waals surface area contributed by atoms with Gasteiger partial charge in [0.05, 0.1) is 10.0 Å². The Balaban J connectivity index is 2.26. The molecule has 0 aliphatic rings. The van der Waals surface area contributed by atoms with E-state index in [-0.39, 0.29) is 16.9 Å². The number of likely N-dealkylation sites (N-methyl/N-ethyl adjacent to an activating group) is 1. The van der Waals surface area contributed by atoms with E-state index in [4.69, 9.17) is 11.6 Å². The molecule has 0 amide bonds. The summed E-state index contributed by atoms with van der Waals surface area (Å²) in [6.45, 7) is 0. The third kappa shape index (κ3) is 2.83. The number of benzene rings is 1. The first kappa shape index (κ1) is 12.5. The first-order chi connectivity index (χ1) is 8.22. The Bertz CT molecular complexity index is 487. The van der Waals surface area contributed by atoms with Gasteiger partial charge in [0.2, 0.25) is 0 Å². The van der Waals surface area contributed by atoms with Gasteiger partial charge in [-0.2, -0.15) is 0 Å². The molecule has 0 spiro atoms. The number of hydrogen-bond acceptors (Lipinski definition) is 3. The molecule has 1 unspecified atom stereocenters. The van der Waals surface area contributed by atoms with Gasteiger partial charge in [-0.3, -0.25) is 0 Å². The van der Waals surface area contributed by atoms with Crippen molar-refractivity contribution >= 4 is 22.9 Å². The van der Waals surface area contributed by atoms with Crippen LogP contribution < -0.4 is 5.32 Å². The van der Waals surface area contributed by atoms with E-state index in [9.17, 15) is 4.39 Å². The molecule has 0 aliphatic carbocycles. The molecule has 17 heavy (non-hydrogen) atoms. The van der Waals surface area contributed by atoms with Crippen molar-refractivity contribution in [2.45, 2.75) is 12.5 Å². The van der Waals surface area contributed by atoms with E-state index in [0.29, 0.717) is 12.0 Å². The van der Waals surface area contributed by atoms with Gasteiger partial charge in [0, 0.05) is 29.6 Å². The molecule has 1 aromatic heterocycles. The number of nitrogens with zero attached hydrogens (tertiary/aromatic N) is 1. The van der Waals surface area contributed by atoms with Crippen molar-refractivity contribution in [2.75, 3.05) is 7.05 Å². The molecule has 0 radical (unpaired) electrons. The van der Waals surface area contributed by atoms with E-state index in [0.717, 1.165) is 5.01 Å². The van der Waals surface area contributed by atoms with Gasteiger partial charge >= 0.3 is 0 Å². The molecule has 1 heterocycles. The number of hydrogen-bond donors (Lipinski definition) is 1. The van der Waals surface area contributed by atoms with Gasteiger partial charge in [-0.1, -0.05) is 23.7 Å². The normalized spacial score (nSPS) is 12.6. The minimum absolute atomic E-state index is 0.111. The number of nitrogens with one attached hydrogen (secondary N) is 1. The van der Waals surface area contributed by atoms with Crippen LogP contribution in [-0.4, -0.2) is 12.0 Å². The third-order valence-corrected chi connectivity index (χ3v) is 3.66. The van der Waals surface area contributed by atoms with Crippen LogP contribution in [0.1, 0.15) is 16.6 Å². The van der Waals surface area contributed by atoms with E-state index in [1.807, 2.05) is 5.38 Å². The highest BCUT2D eigenvalue weighted by Gasteiger charge is 2.17. The molecule has 5 heteroatoms. The van der Waals surface area contributed by atoms with Crippen LogP contribution in [0.2, 0.25) is 5.02 Å². The second-order valence-corrected chi connectivity index (χ2v) is 5.00. The van der Waals surface area contributed by atoms with Crippen LogP contribution in [0.15, 0.2) is 29.8 Å². The van der Waals surface area contributed by atoms with Crippen LogP contribution in [0.4, 0.5) is 4.39 Å². The van der Waals surface area contributed by atoms with Gasteiger partial charge in [0.25, 0.3) is 0 Å². The van der Waals surface area contributed by atoms with Gasteiger partial charge in [-0.25, -0.2) is 9.37 Å². The standard InChI is InChI=1S/C12H12ClFN2S/c1-15-10(7-11-16-5-6-17-11)8-3-2-4-9(13)12(8)14/h2-6,10,15H,7H2,1H3. The Hall–Kier alpha value is -0.970. The Kier molecular flexibility index (Phi) is 4.10. The molecule has 0 bridgehead atoms. The zero-order chi connectivity index (χ0) is 12.3. The summed E-state index contributed by atoms with van der Waals surface area (Å²) < 4.78 is 13.9. The molecule has 1 N–H and O–H groups in total. The van der Waals surface area contributed by atoms with E-state index < -0.39 is 0 Å². The largest absolute Gasteiger partial charge is 0.313 e. The fourth-order valence-electron chi connectivity index (χ4n) is 1.69. The maximum Gasteiger partial charge on any atom is 0.146 e. The van der Waals surface area contributed by atoms with Crippen molar-refractivity contribution in [3.63, 3.8) is 0 Å². The van der Waals surface area contributed by atoms with Crippen molar-refractivity contribution in [3.8, 4) is 0 Å². The van der Waals surface area contributed by atoms with Gasteiger partial charge in [0.15, 0.2) is 0 Å². The van der Waals surface area contributed by atoms with Crippen molar-refractivity contribution in [2.24, 2.45) is 0 Å². The molecule has 0 fully saturated rings. The highest BCUT2D eigenvalue weighted by Crippen LogP contribution is 2.26. The van der Waals surface area contributed by atoms with Crippen LogP contribution in [0, 0.1) is 5.82 Å². The summed E-state index contributed by atoms with van der Waals surface area (Å²) in [4.78, 5) is 4.20. The highest BCUT2D eigenvalue weighted by atomic mass is 35.5. The van der Waals surface area contributed by atoms with Crippen molar-refractivity contribution < 1.29 is 4.39 Å². The molecular formula is C12H12ClFN2S. The van der Waals surface area contributed by atoms with Crippen LogP contribution in [0.5, 0.6) is 0 Å². The zero-order valence-electron chi connectivity index (χ0n) is 9.28. The quantitative estimate of drug-likeness (QED) is 0.921. The highest BCUT2D eigenvalue weighted by molar-refractivity contribution is 7.09. The number of rotatable bonds is 4. The molecule has 0 aliphatic heterocycles. The molecular weight excluding hydrogens is 259 g/mol. The predicted octanol–water partition coefficient (Wildman–Crippen LogP) is 3.44. The average Bonchev–Trinajstić information content (AvgIpc) is 2.83. The maximum atomic E-state index is 13.9. The first-order valence-electron chi connectivity index (χ1n) is 5.22. The van der Waals surface area contributed by atoms with E-state index in [1.165, 1.54) is 0 Å². The summed E-state index contributed by atoms with van der Waals surface area (Å²) >= 11 is 7.35. The van der Waals surface area contributed by atoms with Gasteiger partial charge < -0.3 is 5.32 Å². The second-order valence-electron chi connectivity index (χ2n) is 3.61. The fourth-order valence-corrected chi connectivity index (χ4v) is 2.53. The molecule has 1 aromatic carbocycles. The van der Waals surface area contributed by atoms with Gasteiger partial charge in [-0.05, 0) is 13.1 Å². The van der Waals surface area contributed by atoms with E-state index in [1.54, 1.807) is 42.8 Å². The molecule has 1 atom stereocenters. The summed E-state index contributed by atoms with van der Waals surface area (Å²) in [5.41, 5.74) is 0.579. The van der Waals surface area contributed by atoms with Gasteiger partial charge in [0.1, 0.15) is 5.82 Å². The summed E-state index contributed by atoms with van der Waals surface area (Å²) in [6, 6.07) is 4.94. The van der Waals surface area contributed by atoms with Crippen LogP contribution in [-0.2, 0) is 6.42 Å². The zero-order valence-corrected chi connectivity index (χ0v) is 10.9. The van der Waals surface area contributed by atoms with Crippen LogP contribution >= 0.6 is 22.9 Å². The monoisotopic (exact) mass is 270 g/mol. The van der Waals surface area contributed by atoms with Crippen molar-refractivity contribution in [1.82, 2.24) is 10.3 Å². The number of halogens is 2. The van der Waals surface area contributed by atoms with Crippen LogP contribution in [0.25, 0.3) is 0 Å². The fraction of sp³-hybridized carbons (Fsp3) is 0.250. The lowest BCUT2D eigenvalue weighted by molar-refractivity contribution is 0.533. The Morgan fingerprint density at radius 1 is 1.53 bits per heavy atom. The Labute approximate surface area is 108 Å². The minimum atomic E-state index is -0.356. The lowest BCUT2D eigenvalue weighted by atomic mass is 10.0. The molecule has 0 saturated heterocycles. The summed E-state index contributed by atoms with van der Waals surface area (Å²) in [5.74, 6) is -0.356. The minimum Gasteiger partial charge on any atom is -0.313 e.